The van der Waals surface area contributed by atoms with E-state index in [0.717, 1.165) is 27.9 Å². The monoisotopic (exact) mass is 477 g/mol. The number of carbonyl (C=O) groups is 1. The van der Waals surface area contributed by atoms with Crippen LogP contribution in [0.25, 0.3) is 0 Å². The van der Waals surface area contributed by atoms with Crippen LogP contribution in [-0.4, -0.2) is 44.7 Å². The zero-order chi connectivity index (χ0) is 25.0. The number of amides is 1. The summed E-state index contributed by atoms with van der Waals surface area (Å²) in [4.78, 5) is 23.3. The molecular weight excluding hydrogens is 446 g/mol. The van der Waals surface area contributed by atoms with Gasteiger partial charge in [0, 0.05) is 12.1 Å². The first-order valence-electron chi connectivity index (χ1n) is 10.5. The van der Waals surface area contributed by atoms with Gasteiger partial charge in [-0.05, 0) is 36.5 Å². The second-order valence-corrected chi connectivity index (χ2v) is 10.7. The molecule has 0 bridgehead atoms. The van der Waals surface area contributed by atoms with E-state index in [0.29, 0.717) is 5.56 Å². The third-order valence-corrected chi connectivity index (χ3v) is 6.31. The Morgan fingerprint density at radius 2 is 1.85 bits per heavy atom. The van der Waals surface area contributed by atoms with Crippen molar-refractivity contribution in [2.75, 3.05) is 23.7 Å². The SMILES string of the molecule is Cc1ccc([N+](=O)[O-])cc1N([C@@H](C)C(=O)NCCOc1ccccc1C(C)(C)C)S(C)(=O)=O. The molecule has 0 radical (unpaired) electrons. The number of hydrogen-bond acceptors (Lipinski definition) is 6. The van der Waals surface area contributed by atoms with E-state index < -0.39 is 26.9 Å². The first-order chi connectivity index (χ1) is 15.2. The van der Waals surface area contributed by atoms with Crippen LogP contribution >= 0.6 is 0 Å². The standard InChI is InChI=1S/C23H31N3O6S/c1-16-11-12-18(26(28)29)15-20(16)25(33(6,30)31)17(2)22(27)24-13-14-32-21-10-8-7-9-19(21)23(3,4)5/h7-12,15,17H,13-14H2,1-6H3,(H,24,27)/t17-/m0/s1. The molecule has 0 aliphatic carbocycles. The summed E-state index contributed by atoms with van der Waals surface area (Å²) < 4.78 is 31.8. The van der Waals surface area contributed by atoms with E-state index in [-0.39, 0.29) is 29.9 Å². The van der Waals surface area contributed by atoms with Crippen molar-refractivity contribution in [2.24, 2.45) is 0 Å². The highest BCUT2D eigenvalue weighted by molar-refractivity contribution is 7.92. The molecular formula is C23H31N3O6S. The van der Waals surface area contributed by atoms with Gasteiger partial charge in [0.1, 0.15) is 18.4 Å². The van der Waals surface area contributed by atoms with Crippen LogP contribution in [0.2, 0.25) is 0 Å². The molecule has 0 saturated heterocycles. The number of anilines is 1. The number of sulfonamides is 1. The van der Waals surface area contributed by atoms with Crippen LogP contribution in [0.5, 0.6) is 5.75 Å². The minimum absolute atomic E-state index is 0.0877. The van der Waals surface area contributed by atoms with Gasteiger partial charge in [-0.15, -0.1) is 0 Å². The smallest absolute Gasteiger partial charge is 0.271 e. The molecule has 0 aliphatic heterocycles. The number of nitro groups is 1. The number of nitro benzene ring substituents is 1. The molecule has 180 valence electrons. The number of nitrogens with one attached hydrogen (secondary N) is 1. The first-order valence-corrected chi connectivity index (χ1v) is 12.3. The van der Waals surface area contributed by atoms with Gasteiger partial charge in [0.25, 0.3) is 5.69 Å². The second-order valence-electron chi connectivity index (χ2n) is 8.85. The zero-order valence-electron chi connectivity index (χ0n) is 19.8. The van der Waals surface area contributed by atoms with Gasteiger partial charge in [0.15, 0.2) is 0 Å². The average Bonchev–Trinajstić information content (AvgIpc) is 2.70. The molecule has 1 atom stereocenters. The Morgan fingerprint density at radius 1 is 1.21 bits per heavy atom. The van der Waals surface area contributed by atoms with Gasteiger partial charge in [0.05, 0.1) is 23.4 Å². The fraction of sp³-hybridized carbons (Fsp3) is 0.435. The Morgan fingerprint density at radius 3 is 2.42 bits per heavy atom. The number of nitrogens with zero attached hydrogens (tertiary/aromatic N) is 2. The van der Waals surface area contributed by atoms with Crippen molar-refractivity contribution < 1.29 is 22.9 Å². The summed E-state index contributed by atoms with van der Waals surface area (Å²) in [6.07, 6.45) is 0.960. The fourth-order valence-corrected chi connectivity index (χ4v) is 4.65. The quantitative estimate of drug-likeness (QED) is 0.335. The van der Waals surface area contributed by atoms with E-state index in [9.17, 15) is 23.3 Å². The molecule has 33 heavy (non-hydrogen) atoms. The van der Waals surface area contributed by atoms with E-state index in [1.54, 1.807) is 6.92 Å². The molecule has 0 aliphatic rings. The molecule has 10 heteroatoms. The van der Waals surface area contributed by atoms with Gasteiger partial charge >= 0.3 is 0 Å². The molecule has 1 amide bonds. The first kappa shape index (κ1) is 26.1. The van der Waals surface area contributed by atoms with Crippen LogP contribution in [0.1, 0.15) is 38.8 Å². The molecule has 2 rings (SSSR count). The number of benzene rings is 2. The van der Waals surface area contributed by atoms with Crippen LogP contribution in [0, 0.1) is 17.0 Å². The maximum atomic E-state index is 12.8. The van der Waals surface area contributed by atoms with E-state index in [1.165, 1.54) is 19.1 Å². The van der Waals surface area contributed by atoms with Crippen LogP contribution in [0.15, 0.2) is 42.5 Å². The summed E-state index contributed by atoms with van der Waals surface area (Å²) >= 11 is 0. The third kappa shape index (κ3) is 6.67. The largest absolute Gasteiger partial charge is 0.491 e. The van der Waals surface area contributed by atoms with E-state index in [1.807, 2.05) is 24.3 Å². The lowest BCUT2D eigenvalue weighted by Gasteiger charge is -2.29. The summed E-state index contributed by atoms with van der Waals surface area (Å²) in [5, 5.41) is 13.8. The number of hydrogen-bond donors (Lipinski definition) is 1. The fourth-order valence-electron chi connectivity index (χ4n) is 3.42. The predicted octanol–water partition coefficient (Wildman–Crippen LogP) is 3.55. The Balaban J connectivity index is 2.13. The number of aryl methyl sites for hydroxylation is 1. The summed E-state index contributed by atoms with van der Waals surface area (Å²) in [7, 11) is -3.90. The molecule has 2 aromatic carbocycles. The van der Waals surface area contributed by atoms with Gasteiger partial charge < -0.3 is 10.1 Å². The van der Waals surface area contributed by atoms with Crippen LogP contribution in [0.3, 0.4) is 0 Å². The molecule has 1 N–H and O–H groups in total. The summed E-state index contributed by atoms with van der Waals surface area (Å²) in [5.41, 5.74) is 1.25. The highest BCUT2D eigenvalue weighted by Crippen LogP contribution is 2.31. The highest BCUT2D eigenvalue weighted by Gasteiger charge is 2.31. The number of carbonyl (C=O) groups excluding carboxylic acids is 1. The number of rotatable bonds is 9. The Hall–Kier alpha value is -3.14. The van der Waals surface area contributed by atoms with Crippen LogP contribution in [-0.2, 0) is 20.2 Å². The number of non-ortho nitro benzene ring substituents is 1. The molecule has 0 aromatic heterocycles. The zero-order valence-corrected chi connectivity index (χ0v) is 20.6. The number of para-hydroxylation sites is 1. The minimum atomic E-state index is -3.90. The van der Waals surface area contributed by atoms with E-state index in [4.69, 9.17) is 4.74 Å². The van der Waals surface area contributed by atoms with Crippen molar-refractivity contribution in [1.82, 2.24) is 5.32 Å². The normalized spacial score (nSPS) is 12.7. The topological polar surface area (TPSA) is 119 Å². The number of ether oxygens (including phenoxy) is 1. The Labute approximate surface area is 195 Å². The summed E-state index contributed by atoms with van der Waals surface area (Å²) in [5.74, 6) is 0.177. The van der Waals surface area contributed by atoms with Crippen molar-refractivity contribution in [1.29, 1.82) is 0 Å². The second kappa shape index (κ2) is 10.2. The van der Waals surface area contributed by atoms with Gasteiger partial charge in [-0.25, -0.2) is 8.42 Å². The van der Waals surface area contributed by atoms with Crippen LogP contribution < -0.4 is 14.4 Å². The van der Waals surface area contributed by atoms with Crippen molar-refractivity contribution >= 4 is 27.3 Å². The van der Waals surface area contributed by atoms with E-state index in [2.05, 4.69) is 26.1 Å². The average molecular weight is 478 g/mol. The Kier molecular flexibility index (Phi) is 8.07. The maximum Gasteiger partial charge on any atom is 0.271 e. The summed E-state index contributed by atoms with van der Waals surface area (Å²) in [6.45, 7) is 9.65. The predicted molar refractivity (Wildman–Crippen MR) is 128 cm³/mol. The lowest BCUT2D eigenvalue weighted by atomic mass is 9.86. The molecule has 0 unspecified atom stereocenters. The molecule has 0 saturated carbocycles. The molecule has 0 spiro atoms. The van der Waals surface area contributed by atoms with Gasteiger partial charge in [0.2, 0.25) is 15.9 Å². The van der Waals surface area contributed by atoms with Gasteiger partial charge in [-0.2, -0.15) is 0 Å². The third-order valence-electron chi connectivity index (χ3n) is 5.08. The molecule has 0 fully saturated rings. The molecule has 2 aromatic rings. The van der Waals surface area contributed by atoms with Crippen molar-refractivity contribution in [3.8, 4) is 5.75 Å². The van der Waals surface area contributed by atoms with Gasteiger partial charge in [-0.1, -0.05) is 45.0 Å². The lowest BCUT2D eigenvalue weighted by molar-refractivity contribution is -0.384. The maximum absolute atomic E-state index is 12.8. The van der Waals surface area contributed by atoms with E-state index >= 15 is 0 Å². The molecule has 0 heterocycles. The van der Waals surface area contributed by atoms with Crippen LogP contribution in [0.4, 0.5) is 11.4 Å². The Bertz CT molecular complexity index is 1130. The van der Waals surface area contributed by atoms with Crippen molar-refractivity contribution in [3.05, 3.63) is 63.7 Å². The van der Waals surface area contributed by atoms with Crippen molar-refractivity contribution in [3.63, 3.8) is 0 Å². The lowest BCUT2D eigenvalue weighted by Crippen LogP contribution is -2.48. The molecule has 9 nitrogen and oxygen atoms in total. The van der Waals surface area contributed by atoms with Gasteiger partial charge in [-0.3, -0.25) is 19.2 Å². The minimum Gasteiger partial charge on any atom is -0.491 e. The summed E-state index contributed by atoms with van der Waals surface area (Å²) in [6, 6.07) is 10.4. The van der Waals surface area contributed by atoms with Crippen molar-refractivity contribution in [2.45, 2.75) is 46.1 Å². The highest BCUT2D eigenvalue weighted by atomic mass is 32.2.